The maximum absolute atomic E-state index is 12.8. The second-order valence-corrected chi connectivity index (χ2v) is 10.7. The first-order valence-corrected chi connectivity index (χ1v) is 13.5. The predicted octanol–water partition coefficient (Wildman–Crippen LogP) is 5.43. The summed E-state index contributed by atoms with van der Waals surface area (Å²) in [6.45, 7) is 6.26. The zero-order valence-electron chi connectivity index (χ0n) is 19.0. The van der Waals surface area contributed by atoms with Gasteiger partial charge in [0, 0.05) is 25.3 Å². The molecule has 1 N–H and O–H groups in total. The summed E-state index contributed by atoms with van der Waals surface area (Å²) in [5, 5.41) is 8.79. The topological polar surface area (TPSA) is 89.3 Å². The van der Waals surface area contributed by atoms with Crippen molar-refractivity contribution < 1.29 is 13.2 Å². The minimum absolute atomic E-state index is 0.0154. The van der Waals surface area contributed by atoms with Gasteiger partial charge in [-0.05, 0) is 75.6 Å². The highest BCUT2D eigenvalue weighted by molar-refractivity contribution is 7.89. The molecule has 4 rings (SSSR count). The lowest BCUT2D eigenvalue weighted by Gasteiger charge is -2.28. The van der Waals surface area contributed by atoms with Crippen LogP contribution in [0.4, 0.5) is 5.69 Å². The maximum Gasteiger partial charge on any atom is 0.322 e. The molecule has 1 aliphatic heterocycles. The Hall–Kier alpha value is -2.33. The molecule has 1 fully saturated rings. The van der Waals surface area contributed by atoms with Gasteiger partial charge in [-0.2, -0.15) is 0 Å². The number of sulfonamides is 1. The molecule has 11 heteroatoms. The lowest BCUT2D eigenvalue weighted by molar-refractivity contribution is 0.408. The van der Waals surface area contributed by atoms with Crippen LogP contribution < -0.4 is 14.4 Å². The molecule has 2 heterocycles. The first-order chi connectivity index (χ1) is 16.3. The quantitative estimate of drug-likeness (QED) is 0.423. The van der Waals surface area contributed by atoms with Crippen molar-refractivity contribution in [1.82, 2.24) is 19.5 Å². The van der Waals surface area contributed by atoms with Crippen molar-refractivity contribution in [1.29, 1.82) is 0 Å². The third-order valence-corrected chi connectivity index (χ3v) is 8.03. The minimum atomic E-state index is -3.86. The van der Waals surface area contributed by atoms with Crippen LogP contribution in [0.1, 0.15) is 45.0 Å². The number of aromatic nitrogens is 3. The van der Waals surface area contributed by atoms with Crippen LogP contribution in [0, 0.1) is 0 Å². The van der Waals surface area contributed by atoms with Crippen LogP contribution in [0.3, 0.4) is 0 Å². The van der Waals surface area contributed by atoms with Gasteiger partial charge in [-0.1, -0.05) is 28.3 Å². The van der Waals surface area contributed by atoms with Gasteiger partial charge < -0.3 is 9.64 Å². The van der Waals surface area contributed by atoms with Crippen LogP contribution in [-0.2, 0) is 16.6 Å². The molecule has 1 aliphatic rings. The van der Waals surface area contributed by atoms with Gasteiger partial charge in [-0.3, -0.25) is 4.57 Å². The Morgan fingerprint density at radius 3 is 2.38 bits per heavy atom. The molecule has 0 spiro atoms. The van der Waals surface area contributed by atoms with E-state index in [0.717, 1.165) is 13.1 Å². The molecule has 0 saturated carbocycles. The molecule has 8 nitrogen and oxygen atoms in total. The van der Waals surface area contributed by atoms with Crippen molar-refractivity contribution in [2.24, 2.45) is 0 Å². The van der Waals surface area contributed by atoms with E-state index in [9.17, 15) is 8.42 Å². The van der Waals surface area contributed by atoms with Crippen molar-refractivity contribution in [2.45, 2.75) is 50.6 Å². The van der Waals surface area contributed by atoms with Gasteiger partial charge in [0.05, 0.1) is 21.0 Å². The van der Waals surface area contributed by atoms with E-state index in [-0.39, 0.29) is 14.9 Å². The molecule has 1 saturated heterocycles. The minimum Gasteiger partial charge on any atom is -0.424 e. The summed E-state index contributed by atoms with van der Waals surface area (Å²) in [6.07, 6.45) is 3.72. The van der Waals surface area contributed by atoms with E-state index >= 15 is 0 Å². The Morgan fingerprint density at radius 2 is 1.74 bits per heavy atom. The van der Waals surface area contributed by atoms with E-state index in [1.165, 1.54) is 43.1 Å². The van der Waals surface area contributed by atoms with Gasteiger partial charge in [0.15, 0.2) is 5.82 Å². The summed E-state index contributed by atoms with van der Waals surface area (Å²) in [6, 6.07) is 11.7. The molecule has 34 heavy (non-hydrogen) atoms. The number of ether oxygens (including phenoxy) is 1. The van der Waals surface area contributed by atoms with Crippen LogP contribution >= 0.6 is 23.2 Å². The zero-order valence-corrected chi connectivity index (χ0v) is 21.4. The number of rotatable bonds is 8. The van der Waals surface area contributed by atoms with Crippen molar-refractivity contribution in [2.75, 3.05) is 18.0 Å². The van der Waals surface area contributed by atoms with Gasteiger partial charge in [0.25, 0.3) is 0 Å². The number of hydrogen-bond donors (Lipinski definition) is 1. The van der Waals surface area contributed by atoms with Crippen LogP contribution in [-0.4, -0.2) is 36.3 Å². The van der Waals surface area contributed by atoms with Crippen LogP contribution in [0.2, 0.25) is 10.0 Å². The Kier molecular flexibility index (Phi) is 7.67. The average Bonchev–Trinajstić information content (AvgIpc) is 3.24. The second-order valence-electron chi connectivity index (χ2n) is 8.15. The molecular formula is C23H27Cl2N5O3S. The van der Waals surface area contributed by atoms with Gasteiger partial charge in [-0.25, -0.2) is 13.1 Å². The fourth-order valence-corrected chi connectivity index (χ4v) is 5.56. The number of nitrogens with zero attached hydrogens (tertiary/aromatic N) is 4. The third-order valence-electron chi connectivity index (χ3n) is 5.75. The molecule has 0 amide bonds. The summed E-state index contributed by atoms with van der Waals surface area (Å²) in [4.78, 5) is 2.39. The second kappa shape index (κ2) is 10.5. The Bertz CT molecular complexity index is 1240. The van der Waals surface area contributed by atoms with Crippen LogP contribution in [0.15, 0.2) is 47.4 Å². The molecule has 3 aromatic rings. The molecular weight excluding hydrogens is 497 g/mol. The smallest absolute Gasteiger partial charge is 0.322 e. The van der Waals surface area contributed by atoms with Crippen LogP contribution in [0.25, 0.3) is 0 Å². The molecule has 2 aromatic carbocycles. The maximum atomic E-state index is 12.8. The van der Waals surface area contributed by atoms with E-state index in [1.807, 2.05) is 31.2 Å². The Balaban J connectivity index is 1.48. The fraction of sp³-hybridized carbons (Fsp3) is 0.391. The lowest BCUT2D eigenvalue weighted by Crippen LogP contribution is -2.29. The van der Waals surface area contributed by atoms with E-state index < -0.39 is 16.1 Å². The lowest BCUT2D eigenvalue weighted by atomic mass is 10.1. The Labute approximate surface area is 209 Å². The van der Waals surface area contributed by atoms with Crippen LogP contribution in [0.5, 0.6) is 11.8 Å². The summed E-state index contributed by atoms with van der Waals surface area (Å²) in [5.41, 5.74) is 1.18. The van der Waals surface area contributed by atoms with Crippen molar-refractivity contribution in [3.05, 3.63) is 58.3 Å². The first-order valence-electron chi connectivity index (χ1n) is 11.2. The number of anilines is 1. The highest BCUT2D eigenvalue weighted by Crippen LogP contribution is 2.28. The standard InChI is InChI=1S/C23H27Cl2N5O3S/c1-3-30-22(16(2)28-34(31,32)19-11-12-20(24)21(25)15-19)26-27-23(30)33-18-9-7-17(8-10-18)29-13-5-4-6-14-29/h7-12,15-16,28H,3-6,13-14H2,1-2H3/t16-/m1/s1. The molecule has 182 valence electrons. The number of piperidine rings is 1. The molecule has 1 atom stereocenters. The third kappa shape index (κ3) is 5.49. The number of halogens is 2. The van der Waals surface area contributed by atoms with Crippen molar-refractivity contribution in [3.63, 3.8) is 0 Å². The molecule has 0 bridgehead atoms. The molecule has 0 aliphatic carbocycles. The van der Waals surface area contributed by atoms with E-state index in [0.29, 0.717) is 24.1 Å². The van der Waals surface area contributed by atoms with Gasteiger partial charge in [0.2, 0.25) is 10.0 Å². The van der Waals surface area contributed by atoms with E-state index in [2.05, 4.69) is 19.8 Å². The molecule has 0 radical (unpaired) electrons. The normalized spacial score (nSPS) is 15.4. The van der Waals surface area contributed by atoms with E-state index in [1.54, 1.807) is 11.5 Å². The zero-order chi connectivity index (χ0) is 24.3. The fourth-order valence-electron chi connectivity index (χ4n) is 3.97. The number of benzene rings is 2. The summed E-state index contributed by atoms with van der Waals surface area (Å²) in [7, 11) is -3.86. The summed E-state index contributed by atoms with van der Waals surface area (Å²) < 4.78 is 36.0. The highest BCUT2D eigenvalue weighted by Gasteiger charge is 2.24. The van der Waals surface area contributed by atoms with Gasteiger partial charge >= 0.3 is 6.01 Å². The largest absolute Gasteiger partial charge is 0.424 e. The first kappa shape index (κ1) is 24.8. The van der Waals surface area contributed by atoms with Crippen molar-refractivity contribution in [3.8, 4) is 11.8 Å². The molecule has 1 aromatic heterocycles. The average molecular weight is 524 g/mol. The summed E-state index contributed by atoms with van der Waals surface area (Å²) in [5.74, 6) is 1.07. The van der Waals surface area contributed by atoms with Gasteiger partial charge in [0.1, 0.15) is 5.75 Å². The van der Waals surface area contributed by atoms with E-state index in [4.69, 9.17) is 27.9 Å². The SMILES string of the molecule is CCn1c(Oc2ccc(N3CCCCC3)cc2)nnc1[C@@H](C)NS(=O)(=O)c1ccc(Cl)c(Cl)c1. The van der Waals surface area contributed by atoms with Gasteiger partial charge in [-0.15, -0.1) is 5.10 Å². The molecule has 0 unspecified atom stereocenters. The number of hydrogen-bond acceptors (Lipinski definition) is 6. The van der Waals surface area contributed by atoms with Crippen molar-refractivity contribution >= 4 is 38.9 Å². The monoisotopic (exact) mass is 523 g/mol. The summed E-state index contributed by atoms with van der Waals surface area (Å²) >= 11 is 11.9. The number of nitrogens with one attached hydrogen (secondary N) is 1. The highest BCUT2D eigenvalue weighted by atomic mass is 35.5. The Morgan fingerprint density at radius 1 is 1.03 bits per heavy atom. The predicted molar refractivity (Wildman–Crippen MR) is 133 cm³/mol.